The van der Waals surface area contributed by atoms with Crippen LogP contribution in [0.4, 0.5) is 11.5 Å². The van der Waals surface area contributed by atoms with Crippen LogP contribution in [0.3, 0.4) is 0 Å². The molecule has 0 spiro atoms. The largest absolute Gasteiger partial charge is 0.339 e. The fourth-order valence-corrected chi connectivity index (χ4v) is 2.52. The zero-order valence-electron chi connectivity index (χ0n) is 12.1. The summed E-state index contributed by atoms with van der Waals surface area (Å²) in [5.74, 6) is 0.678. The smallest absolute Gasteiger partial charge is 0.329 e. The van der Waals surface area contributed by atoms with Gasteiger partial charge in [0.2, 0.25) is 0 Å². The highest BCUT2D eigenvalue weighted by Crippen LogP contribution is 2.21. The summed E-state index contributed by atoms with van der Waals surface area (Å²) in [6.07, 6.45) is 4.93. The minimum atomic E-state index is 0.0339. The normalized spacial score (nSPS) is 11.0. The van der Waals surface area contributed by atoms with Gasteiger partial charge in [-0.05, 0) is 32.0 Å². The molecule has 0 aliphatic carbocycles. The quantitative estimate of drug-likeness (QED) is 0.798. The maximum Gasteiger partial charge on any atom is 0.329 e. The number of fused-ring (bicyclic) bond motifs is 1. The second-order valence-electron chi connectivity index (χ2n) is 4.69. The lowest BCUT2D eigenvalue weighted by molar-refractivity contribution is 0.671. The van der Waals surface area contributed by atoms with Gasteiger partial charge >= 0.3 is 5.69 Å². The molecule has 3 aromatic rings. The molecular formula is C15H17N5O. The molecule has 0 aliphatic rings. The summed E-state index contributed by atoms with van der Waals surface area (Å²) in [6.45, 7) is 5.27. The molecule has 108 valence electrons. The Morgan fingerprint density at radius 1 is 1.10 bits per heavy atom. The van der Waals surface area contributed by atoms with Crippen molar-refractivity contribution in [2.45, 2.75) is 26.9 Å². The fraction of sp³-hybridized carbons (Fsp3) is 0.267. The number of rotatable bonds is 4. The van der Waals surface area contributed by atoms with E-state index in [0.717, 1.165) is 16.7 Å². The summed E-state index contributed by atoms with van der Waals surface area (Å²) in [7, 11) is 0. The van der Waals surface area contributed by atoms with Gasteiger partial charge in [0, 0.05) is 31.2 Å². The first-order chi connectivity index (χ1) is 10.2. The minimum Gasteiger partial charge on any atom is -0.339 e. The molecule has 21 heavy (non-hydrogen) atoms. The third-order valence-electron chi connectivity index (χ3n) is 3.49. The summed E-state index contributed by atoms with van der Waals surface area (Å²) in [6, 6.07) is 5.88. The summed E-state index contributed by atoms with van der Waals surface area (Å²) >= 11 is 0. The highest BCUT2D eigenvalue weighted by atomic mass is 16.1. The maximum absolute atomic E-state index is 12.3. The van der Waals surface area contributed by atoms with Gasteiger partial charge in [-0.15, -0.1) is 0 Å². The zero-order valence-corrected chi connectivity index (χ0v) is 12.1. The maximum atomic E-state index is 12.3. The van der Waals surface area contributed by atoms with Crippen LogP contribution in [0.5, 0.6) is 0 Å². The number of aryl methyl sites for hydroxylation is 2. The second kappa shape index (κ2) is 5.40. The summed E-state index contributed by atoms with van der Waals surface area (Å²) < 4.78 is 3.56. The van der Waals surface area contributed by atoms with E-state index in [2.05, 4.69) is 15.3 Å². The Labute approximate surface area is 122 Å². The predicted molar refractivity (Wildman–Crippen MR) is 82.9 cm³/mol. The van der Waals surface area contributed by atoms with Gasteiger partial charge in [-0.2, -0.15) is 0 Å². The van der Waals surface area contributed by atoms with Crippen LogP contribution in [-0.2, 0) is 13.1 Å². The number of anilines is 2. The van der Waals surface area contributed by atoms with Crippen LogP contribution in [0.1, 0.15) is 13.8 Å². The summed E-state index contributed by atoms with van der Waals surface area (Å²) in [5, 5.41) is 3.20. The molecule has 0 aliphatic heterocycles. The molecule has 0 unspecified atom stereocenters. The lowest BCUT2D eigenvalue weighted by atomic mass is 10.2. The molecule has 6 heteroatoms. The number of hydrogen-bond donors (Lipinski definition) is 1. The van der Waals surface area contributed by atoms with Crippen LogP contribution in [0.15, 0.2) is 41.6 Å². The van der Waals surface area contributed by atoms with Crippen LogP contribution < -0.4 is 11.0 Å². The fourth-order valence-electron chi connectivity index (χ4n) is 2.52. The molecule has 3 rings (SSSR count). The van der Waals surface area contributed by atoms with Crippen molar-refractivity contribution in [3.63, 3.8) is 0 Å². The van der Waals surface area contributed by atoms with Gasteiger partial charge < -0.3 is 5.32 Å². The highest BCUT2D eigenvalue weighted by Gasteiger charge is 2.11. The lowest BCUT2D eigenvalue weighted by Crippen LogP contribution is -2.23. The van der Waals surface area contributed by atoms with E-state index in [9.17, 15) is 4.79 Å². The molecule has 2 aromatic heterocycles. The average molecular weight is 283 g/mol. The zero-order chi connectivity index (χ0) is 14.8. The van der Waals surface area contributed by atoms with Gasteiger partial charge in [-0.1, -0.05) is 0 Å². The standard InChI is InChI=1S/C15H17N5O/c1-3-19-12-6-5-11(18-14-10-16-7-8-17-14)9-13(12)20(4-2)15(19)21/h5-10H,3-4H2,1-2H3,(H,17,18). The Bertz CT molecular complexity index is 819. The molecule has 0 fully saturated rings. The third-order valence-corrected chi connectivity index (χ3v) is 3.49. The van der Waals surface area contributed by atoms with Crippen molar-refractivity contribution in [2.24, 2.45) is 0 Å². The molecular weight excluding hydrogens is 266 g/mol. The van der Waals surface area contributed by atoms with Crippen molar-refractivity contribution in [1.29, 1.82) is 0 Å². The first-order valence-electron chi connectivity index (χ1n) is 7.00. The molecule has 0 amide bonds. The second-order valence-corrected chi connectivity index (χ2v) is 4.69. The predicted octanol–water partition coefficient (Wildman–Crippen LogP) is 2.38. The van der Waals surface area contributed by atoms with Gasteiger partial charge in [0.15, 0.2) is 0 Å². The molecule has 2 heterocycles. The molecule has 0 radical (unpaired) electrons. The van der Waals surface area contributed by atoms with Crippen LogP contribution >= 0.6 is 0 Å². The molecule has 0 saturated carbocycles. The Morgan fingerprint density at radius 2 is 1.86 bits per heavy atom. The monoisotopic (exact) mass is 283 g/mol. The number of benzene rings is 1. The van der Waals surface area contributed by atoms with Crippen LogP contribution in [0.25, 0.3) is 11.0 Å². The van der Waals surface area contributed by atoms with E-state index in [0.29, 0.717) is 18.9 Å². The van der Waals surface area contributed by atoms with Crippen molar-refractivity contribution in [1.82, 2.24) is 19.1 Å². The number of nitrogens with one attached hydrogen (secondary N) is 1. The molecule has 0 bridgehead atoms. The summed E-state index contributed by atoms with van der Waals surface area (Å²) in [4.78, 5) is 20.5. The Hall–Kier alpha value is -2.63. The van der Waals surface area contributed by atoms with E-state index in [-0.39, 0.29) is 5.69 Å². The Balaban J connectivity index is 2.10. The topological polar surface area (TPSA) is 64.7 Å². The molecule has 1 aromatic carbocycles. The molecule has 6 nitrogen and oxygen atoms in total. The lowest BCUT2D eigenvalue weighted by Gasteiger charge is -2.06. The molecule has 0 saturated heterocycles. The van der Waals surface area contributed by atoms with E-state index in [1.54, 1.807) is 27.7 Å². The molecule has 1 N–H and O–H groups in total. The number of hydrogen-bond acceptors (Lipinski definition) is 4. The number of imidazole rings is 1. The van der Waals surface area contributed by atoms with Crippen molar-refractivity contribution < 1.29 is 0 Å². The molecule has 0 atom stereocenters. The minimum absolute atomic E-state index is 0.0339. The third kappa shape index (κ3) is 2.29. The van der Waals surface area contributed by atoms with Gasteiger partial charge in [-0.3, -0.25) is 14.1 Å². The Kier molecular flexibility index (Phi) is 3.43. The number of nitrogens with zero attached hydrogens (tertiary/aromatic N) is 4. The Morgan fingerprint density at radius 3 is 2.52 bits per heavy atom. The van der Waals surface area contributed by atoms with Crippen LogP contribution in [0, 0.1) is 0 Å². The van der Waals surface area contributed by atoms with Crippen molar-refractivity contribution >= 4 is 22.5 Å². The van der Waals surface area contributed by atoms with E-state index >= 15 is 0 Å². The van der Waals surface area contributed by atoms with Gasteiger partial charge in [-0.25, -0.2) is 9.78 Å². The number of aromatic nitrogens is 4. The van der Waals surface area contributed by atoms with Gasteiger partial charge in [0.25, 0.3) is 0 Å². The van der Waals surface area contributed by atoms with Crippen molar-refractivity contribution in [3.8, 4) is 0 Å². The van der Waals surface area contributed by atoms with Crippen molar-refractivity contribution in [2.75, 3.05) is 5.32 Å². The van der Waals surface area contributed by atoms with Gasteiger partial charge in [0.05, 0.1) is 17.2 Å². The van der Waals surface area contributed by atoms with Crippen LogP contribution in [-0.4, -0.2) is 19.1 Å². The van der Waals surface area contributed by atoms with E-state index in [4.69, 9.17) is 0 Å². The SMILES string of the molecule is CCn1c(=O)n(CC)c2cc(Nc3cnccn3)ccc21. The van der Waals surface area contributed by atoms with E-state index < -0.39 is 0 Å². The first kappa shape index (κ1) is 13.4. The summed E-state index contributed by atoms with van der Waals surface area (Å²) in [5.41, 5.74) is 2.80. The van der Waals surface area contributed by atoms with E-state index in [1.807, 2.05) is 32.0 Å². The van der Waals surface area contributed by atoms with Crippen LogP contribution in [0.2, 0.25) is 0 Å². The first-order valence-corrected chi connectivity index (χ1v) is 7.00. The highest BCUT2D eigenvalue weighted by molar-refractivity contribution is 5.81. The van der Waals surface area contributed by atoms with E-state index in [1.165, 1.54) is 0 Å². The van der Waals surface area contributed by atoms with Crippen molar-refractivity contribution in [3.05, 3.63) is 47.3 Å². The average Bonchev–Trinajstić information content (AvgIpc) is 2.78. The van der Waals surface area contributed by atoms with Gasteiger partial charge in [0.1, 0.15) is 5.82 Å².